The molecule has 0 bridgehead atoms. The lowest BCUT2D eigenvalue weighted by atomic mass is 10.0. The number of carboxylic acids is 1. The zero-order valence-electron chi connectivity index (χ0n) is 16.9. The van der Waals surface area contributed by atoms with Crippen LogP contribution in [0.4, 0.5) is 19.0 Å². The normalized spacial score (nSPS) is 13.5. The van der Waals surface area contributed by atoms with Crippen LogP contribution in [0.1, 0.15) is 0 Å². The topological polar surface area (TPSA) is 128 Å². The standard InChI is InChI=1S/C16H25N3O5.C2HF3O2/c1-21-4-5-22-6-7-23-8-9-24-14-2-3-15(18-12-14)19-16(20)13-10-17-11-13;3-2(4,5)1(6)7/h2-3,12-13,17H,4-11H2,1H3,(H,18,19,20);(H,6,7). The fraction of sp³-hybridized carbons (Fsp3) is 0.611. The number of aliphatic carboxylic acids is 1. The van der Waals surface area contributed by atoms with Gasteiger partial charge in [0, 0.05) is 20.2 Å². The van der Waals surface area contributed by atoms with E-state index in [4.69, 9.17) is 28.8 Å². The van der Waals surface area contributed by atoms with Gasteiger partial charge in [0.05, 0.1) is 45.1 Å². The van der Waals surface area contributed by atoms with Gasteiger partial charge in [-0.1, -0.05) is 0 Å². The van der Waals surface area contributed by atoms with E-state index < -0.39 is 12.1 Å². The summed E-state index contributed by atoms with van der Waals surface area (Å²) in [7, 11) is 1.64. The minimum absolute atomic E-state index is 0.00367. The maximum Gasteiger partial charge on any atom is 0.490 e. The van der Waals surface area contributed by atoms with E-state index in [1.54, 1.807) is 25.4 Å². The molecule has 0 spiro atoms. The Hall–Kier alpha value is -2.48. The van der Waals surface area contributed by atoms with Crippen LogP contribution in [0.5, 0.6) is 5.75 Å². The molecule has 176 valence electrons. The quantitative estimate of drug-likeness (QED) is 0.396. The van der Waals surface area contributed by atoms with Crippen molar-refractivity contribution in [2.24, 2.45) is 5.92 Å². The summed E-state index contributed by atoms with van der Waals surface area (Å²) >= 11 is 0. The van der Waals surface area contributed by atoms with Gasteiger partial charge in [-0.3, -0.25) is 4.79 Å². The smallest absolute Gasteiger partial charge is 0.490 e. The number of alkyl halides is 3. The van der Waals surface area contributed by atoms with Gasteiger partial charge in [0.25, 0.3) is 0 Å². The highest BCUT2D eigenvalue weighted by molar-refractivity contribution is 5.92. The number of halogens is 3. The minimum Gasteiger partial charge on any atom is -0.490 e. The molecule has 1 fully saturated rings. The molecule has 3 N–H and O–H groups in total. The number of pyridine rings is 1. The van der Waals surface area contributed by atoms with Gasteiger partial charge in [-0.2, -0.15) is 13.2 Å². The third-order valence-corrected chi connectivity index (χ3v) is 3.68. The Morgan fingerprint density at radius 1 is 1.13 bits per heavy atom. The molecule has 0 aliphatic carbocycles. The molecule has 31 heavy (non-hydrogen) atoms. The van der Waals surface area contributed by atoms with Crippen molar-refractivity contribution < 1.29 is 46.8 Å². The molecule has 1 aliphatic rings. The van der Waals surface area contributed by atoms with Crippen LogP contribution < -0.4 is 15.4 Å². The SMILES string of the molecule is COCCOCCOCCOc1ccc(NC(=O)C2CNC2)nc1.O=C(O)C(F)(F)F. The van der Waals surface area contributed by atoms with Gasteiger partial charge in [-0.05, 0) is 12.1 Å². The van der Waals surface area contributed by atoms with Crippen LogP contribution in [0.15, 0.2) is 18.3 Å². The summed E-state index contributed by atoms with van der Waals surface area (Å²) in [5.41, 5.74) is 0. The Kier molecular flexibility index (Phi) is 12.4. The first-order chi connectivity index (χ1) is 14.7. The fourth-order valence-electron chi connectivity index (χ4n) is 1.92. The first-order valence-electron chi connectivity index (χ1n) is 9.29. The average Bonchev–Trinajstić information content (AvgIpc) is 2.66. The second-order valence-electron chi connectivity index (χ2n) is 6.09. The van der Waals surface area contributed by atoms with Gasteiger partial charge in [-0.25, -0.2) is 9.78 Å². The zero-order valence-corrected chi connectivity index (χ0v) is 16.9. The number of anilines is 1. The number of nitrogens with one attached hydrogen (secondary N) is 2. The van der Waals surface area contributed by atoms with Gasteiger partial charge in [0.1, 0.15) is 18.2 Å². The van der Waals surface area contributed by atoms with Gasteiger partial charge < -0.3 is 34.7 Å². The Morgan fingerprint density at radius 2 is 1.71 bits per heavy atom. The van der Waals surface area contributed by atoms with Gasteiger partial charge in [0.15, 0.2) is 0 Å². The molecular weight excluding hydrogens is 427 g/mol. The molecule has 0 aromatic carbocycles. The molecule has 1 aromatic rings. The van der Waals surface area contributed by atoms with Crippen molar-refractivity contribution in [2.45, 2.75) is 6.18 Å². The number of hydrogen-bond donors (Lipinski definition) is 3. The molecule has 0 unspecified atom stereocenters. The molecular formula is C18H26F3N3O7. The number of carboxylic acid groups (broad SMARTS) is 1. The highest BCUT2D eigenvalue weighted by Crippen LogP contribution is 2.14. The number of nitrogens with zero attached hydrogens (tertiary/aromatic N) is 1. The van der Waals surface area contributed by atoms with Crippen molar-refractivity contribution in [3.05, 3.63) is 18.3 Å². The molecule has 2 rings (SSSR count). The second kappa shape index (κ2) is 14.5. The molecule has 0 atom stereocenters. The molecule has 10 nitrogen and oxygen atoms in total. The largest absolute Gasteiger partial charge is 0.490 e. The van der Waals surface area contributed by atoms with E-state index in [-0.39, 0.29) is 11.8 Å². The van der Waals surface area contributed by atoms with Crippen LogP contribution in [0.3, 0.4) is 0 Å². The Bertz CT molecular complexity index is 656. The van der Waals surface area contributed by atoms with Crippen LogP contribution in [0.2, 0.25) is 0 Å². The van der Waals surface area contributed by atoms with E-state index in [0.717, 1.165) is 13.1 Å². The first kappa shape index (κ1) is 26.6. The molecule has 2 heterocycles. The van der Waals surface area contributed by atoms with E-state index in [9.17, 15) is 18.0 Å². The van der Waals surface area contributed by atoms with E-state index in [0.29, 0.717) is 51.2 Å². The predicted molar refractivity (Wildman–Crippen MR) is 102 cm³/mol. The summed E-state index contributed by atoms with van der Waals surface area (Å²) in [5, 5.41) is 13.0. The zero-order chi connectivity index (χ0) is 23.1. The summed E-state index contributed by atoms with van der Waals surface area (Å²) in [6.45, 7) is 4.57. The van der Waals surface area contributed by atoms with Crippen molar-refractivity contribution in [3.63, 3.8) is 0 Å². The summed E-state index contributed by atoms with van der Waals surface area (Å²) in [6, 6.07) is 3.50. The van der Waals surface area contributed by atoms with E-state index >= 15 is 0 Å². The van der Waals surface area contributed by atoms with Gasteiger partial charge in [-0.15, -0.1) is 0 Å². The number of methoxy groups -OCH3 is 1. The second-order valence-corrected chi connectivity index (χ2v) is 6.09. The third-order valence-electron chi connectivity index (χ3n) is 3.68. The van der Waals surface area contributed by atoms with Crippen molar-refractivity contribution in [3.8, 4) is 5.75 Å². The average molecular weight is 453 g/mol. The van der Waals surface area contributed by atoms with Crippen LogP contribution >= 0.6 is 0 Å². The first-order valence-corrected chi connectivity index (χ1v) is 9.29. The fourth-order valence-corrected chi connectivity index (χ4v) is 1.92. The van der Waals surface area contributed by atoms with Crippen LogP contribution in [0, 0.1) is 5.92 Å². The molecule has 0 saturated carbocycles. The number of rotatable bonds is 12. The Balaban J connectivity index is 0.000000592. The summed E-state index contributed by atoms with van der Waals surface area (Å²) < 4.78 is 52.8. The van der Waals surface area contributed by atoms with E-state index in [1.165, 1.54) is 0 Å². The Morgan fingerprint density at radius 3 is 2.16 bits per heavy atom. The maximum atomic E-state index is 11.8. The highest BCUT2D eigenvalue weighted by Gasteiger charge is 2.38. The van der Waals surface area contributed by atoms with Crippen molar-refractivity contribution in [1.29, 1.82) is 0 Å². The third kappa shape index (κ3) is 12.1. The summed E-state index contributed by atoms with van der Waals surface area (Å²) in [5.74, 6) is -1.55. The monoisotopic (exact) mass is 453 g/mol. The van der Waals surface area contributed by atoms with Gasteiger partial charge >= 0.3 is 12.1 Å². The highest BCUT2D eigenvalue weighted by atomic mass is 19.4. The number of carbonyl (C=O) groups is 2. The number of amides is 1. The van der Waals surface area contributed by atoms with Crippen LogP contribution in [-0.4, -0.2) is 88.0 Å². The number of carbonyl (C=O) groups excluding carboxylic acids is 1. The minimum atomic E-state index is -5.08. The maximum absolute atomic E-state index is 11.8. The number of aromatic nitrogens is 1. The number of hydrogen-bond acceptors (Lipinski definition) is 8. The lowest BCUT2D eigenvalue weighted by molar-refractivity contribution is -0.192. The Labute approximate surface area is 177 Å². The van der Waals surface area contributed by atoms with Crippen molar-refractivity contribution >= 4 is 17.7 Å². The molecule has 0 radical (unpaired) electrons. The molecule has 1 aromatic heterocycles. The van der Waals surface area contributed by atoms with Crippen molar-refractivity contribution in [2.75, 3.05) is 65.2 Å². The molecule has 1 aliphatic heterocycles. The van der Waals surface area contributed by atoms with E-state index in [1.807, 2.05) is 0 Å². The summed E-state index contributed by atoms with van der Waals surface area (Å²) in [4.78, 5) is 24.8. The van der Waals surface area contributed by atoms with Crippen LogP contribution in [0.25, 0.3) is 0 Å². The lowest BCUT2D eigenvalue weighted by Gasteiger charge is -2.25. The lowest BCUT2D eigenvalue weighted by Crippen LogP contribution is -2.48. The molecule has 13 heteroatoms. The van der Waals surface area contributed by atoms with Gasteiger partial charge in [0.2, 0.25) is 5.91 Å². The number of ether oxygens (including phenoxy) is 4. The van der Waals surface area contributed by atoms with Crippen LogP contribution in [-0.2, 0) is 23.8 Å². The molecule has 1 saturated heterocycles. The van der Waals surface area contributed by atoms with E-state index in [2.05, 4.69) is 15.6 Å². The molecule has 1 amide bonds. The summed E-state index contributed by atoms with van der Waals surface area (Å²) in [6.07, 6.45) is -3.50. The predicted octanol–water partition coefficient (Wildman–Crippen LogP) is 0.931. The van der Waals surface area contributed by atoms with Crippen molar-refractivity contribution in [1.82, 2.24) is 10.3 Å².